The smallest absolute Gasteiger partial charge is 0.247 e. The number of nitrogens with one attached hydrogen (secondary N) is 1. The summed E-state index contributed by atoms with van der Waals surface area (Å²) in [6.45, 7) is 2.85. The second kappa shape index (κ2) is 4.29. The highest BCUT2D eigenvalue weighted by atomic mass is 16.3. The largest absolute Gasteiger partial charge is 0.382 e. The van der Waals surface area contributed by atoms with Crippen LogP contribution in [-0.2, 0) is 4.79 Å². The van der Waals surface area contributed by atoms with E-state index in [0.29, 0.717) is 0 Å². The van der Waals surface area contributed by atoms with E-state index in [1.54, 1.807) is 0 Å². The van der Waals surface area contributed by atoms with E-state index in [4.69, 9.17) is 10.8 Å². The van der Waals surface area contributed by atoms with Crippen LogP contribution < -0.4 is 11.1 Å². The van der Waals surface area contributed by atoms with Crippen molar-refractivity contribution in [2.75, 3.05) is 13.1 Å². The first kappa shape index (κ1) is 8.39. The lowest BCUT2D eigenvalue weighted by Crippen LogP contribution is -2.37. The average molecular weight is 132 g/mol. The molecule has 0 aromatic rings. The molecule has 0 aliphatic carbocycles. The van der Waals surface area contributed by atoms with Crippen LogP contribution in [0.3, 0.4) is 0 Å². The van der Waals surface area contributed by atoms with E-state index in [9.17, 15) is 4.79 Å². The maximum atomic E-state index is 10.1. The van der Waals surface area contributed by atoms with Crippen molar-refractivity contribution in [1.82, 2.24) is 5.32 Å². The second-order valence-corrected chi connectivity index (χ2v) is 1.73. The Morgan fingerprint density at radius 2 is 2.44 bits per heavy atom. The zero-order valence-electron chi connectivity index (χ0n) is 5.42. The molecule has 54 valence electrons. The molecule has 0 aliphatic heterocycles. The Kier molecular flexibility index (Phi) is 4.00. The number of amides is 1. The van der Waals surface area contributed by atoms with Crippen LogP contribution in [-0.4, -0.2) is 30.2 Å². The van der Waals surface area contributed by atoms with Gasteiger partial charge in [0.2, 0.25) is 5.91 Å². The van der Waals surface area contributed by atoms with Crippen LogP contribution in [0.1, 0.15) is 6.92 Å². The van der Waals surface area contributed by atoms with E-state index in [-0.39, 0.29) is 6.54 Å². The number of carbonyl (C=O) groups is 1. The summed E-state index contributed by atoms with van der Waals surface area (Å²) in [6, 6.07) is 0. The van der Waals surface area contributed by atoms with Gasteiger partial charge in [0.15, 0.2) is 0 Å². The molecular formula is C5H12N2O2. The van der Waals surface area contributed by atoms with Gasteiger partial charge in [0.25, 0.3) is 0 Å². The third kappa shape index (κ3) is 3.93. The van der Waals surface area contributed by atoms with Crippen molar-refractivity contribution < 1.29 is 9.90 Å². The van der Waals surface area contributed by atoms with E-state index in [2.05, 4.69) is 5.32 Å². The van der Waals surface area contributed by atoms with Crippen LogP contribution in [0.5, 0.6) is 0 Å². The van der Waals surface area contributed by atoms with Crippen LogP contribution in [0, 0.1) is 0 Å². The summed E-state index contributed by atoms with van der Waals surface area (Å²) >= 11 is 0. The molecule has 1 amide bonds. The molecule has 0 saturated carbocycles. The first-order valence-corrected chi connectivity index (χ1v) is 2.86. The van der Waals surface area contributed by atoms with Gasteiger partial charge in [-0.1, -0.05) is 6.92 Å². The molecule has 4 nitrogen and oxygen atoms in total. The van der Waals surface area contributed by atoms with Crippen LogP contribution in [0.15, 0.2) is 0 Å². The van der Waals surface area contributed by atoms with Crippen LogP contribution in [0.25, 0.3) is 0 Å². The first-order valence-electron chi connectivity index (χ1n) is 2.86. The first-order chi connectivity index (χ1) is 4.18. The quantitative estimate of drug-likeness (QED) is 0.433. The third-order valence-electron chi connectivity index (χ3n) is 0.916. The summed E-state index contributed by atoms with van der Waals surface area (Å²) in [6.07, 6.45) is -1.05. The fourth-order valence-corrected chi connectivity index (χ4v) is 0.382. The minimum absolute atomic E-state index is 0.242. The van der Waals surface area contributed by atoms with Crippen molar-refractivity contribution in [1.29, 1.82) is 0 Å². The van der Waals surface area contributed by atoms with E-state index < -0.39 is 12.0 Å². The zero-order chi connectivity index (χ0) is 7.28. The zero-order valence-corrected chi connectivity index (χ0v) is 5.42. The van der Waals surface area contributed by atoms with Crippen LogP contribution >= 0.6 is 0 Å². The SMILES string of the molecule is CCNCC(O)C(N)=O. The number of hydrogen-bond acceptors (Lipinski definition) is 3. The molecule has 0 aromatic heterocycles. The van der Waals surface area contributed by atoms with Crippen molar-refractivity contribution >= 4 is 5.91 Å². The standard InChI is InChI=1S/C5H12N2O2/c1-2-7-3-4(8)5(6)9/h4,7-8H,2-3H2,1H3,(H2,6,9). The van der Waals surface area contributed by atoms with Crippen molar-refractivity contribution in [2.24, 2.45) is 5.73 Å². The van der Waals surface area contributed by atoms with Gasteiger partial charge in [-0.2, -0.15) is 0 Å². The molecule has 0 fully saturated rings. The van der Waals surface area contributed by atoms with Gasteiger partial charge in [-0.3, -0.25) is 4.79 Å². The van der Waals surface area contributed by atoms with E-state index in [1.165, 1.54) is 0 Å². The van der Waals surface area contributed by atoms with Crippen LogP contribution in [0.2, 0.25) is 0 Å². The second-order valence-electron chi connectivity index (χ2n) is 1.73. The van der Waals surface area contributed by atoms with Crippen molar-refractivity contribution in [2.45, 2.75) is 13.0 Å². The summed E-state index contributed by atoms with van der Waals surface area (Å²) in [4.78, 5) is 10.1. The highest BCUT2D eigenvalue weighted by Crippen LogP contribution is 1.75. The van der Waals surface area contributed by atoms with Gasteiger partial charge in [-0.05, 0) is 6.54 Å². The van der Waals surface area contributed by atoms with Gasteiger partial charge in [0, 0.05) is 6.54 Å². The molecule has 1 unspecified atom stereocenters. The van der Waals surface area contributed by atoms with Crippen LogP contribution in [0.4, 0.5) is 0 Å². The Bertz CT molecular complexity index is 95.0. The van der Waals surface area contributed by atoms with Gasteiger partial charge < -0.3 is 16.2 Å². The fraction of sp³-hybridized carbons (Fsp3) is 0.800. The molecule has 0 spiro atoms. The molecule has 4 N–H and O–H groups in total. The Morgan fingerprint density at radius 3 is 2.78 bits per heavy atom. The summed E-state index contributed by atoms with van der Waals surface area (Å²) in [7, 11) is 0. The van der Waals surface area contributed by atoms with Gasteiger partial charge in [-0.15, -0.1) is 0 Å². The van der Waals surface area contributed by atoms with Gasteiger partial charge >= 0.3 is 0 Å². The van der Waals surface area contributed by atoms with Gasteiger partial charge in [0.1, 0.15) is 6.10 Å². The third-order valence-corrected chi connectivity index (χ3v) is 0.916. The monoisotopic (exact) mass is 132 g/mol. The minimum atomic E-state index is -1.05. The maximum absolute atomic E-state index is 10.1. The fourth-order valence-electron chi connectivity index (χ4n) is 0.382. The van der Waals surface area contributed by atoms with Crippen molar-refractivity contribution in [3.63, 3.8) is 0 Å². The molecular weight excluding hydrogens is 120 g/mol. The summed E-state index contributed by atoms with van der Waals surface area (Å²) in [5.41, 5.74) is 4.75. The predicted molar refractivity (Wildman–Crippen MR) is 33.7 cm³/mol. The Hall–Kier alpha value is -0.610. The Morgan fingerprint density at radius 1 is 1.89 bits per heavy atom. The molecule has 0 bridgehead atoms. The lowest BCUT2D eigenvalue weighted by molar-refractivity contribution is -0.125. The van der Waals surface area contributed by atoms with E-state index in [0.717, 1.165) is 6.54 Å². The topological polar surface area (TPSA) is 75.3 Å². The number of aliphatic hydroxyl groups excluding tert-OH is 1. The summed E-state index contributed by atoms with van der Waals surface area (Å²) in [5.74, 6) is -0.684. The minimum Gasteiger partial charge on any atom is -0.382 e. The number of carbonyl (C=O) groups excluding carboxylic acids is 1. The Labute approximate surface area is 54.0 Å². The number of aliphatic hydroxyl groups is 1. The number of nitrogens with two attached hydrogens (primary N) is 1. The van der Waals surface area contributed by atoms with Gasteiger partial charge in [-0.25, -0.2) is 0 Å². The van der Waals surface area contributed by atoms with E-state index >= 15 is 0 Å². The van der Waals surface area contributed by atoms with Gasteiger partial charge in [0.05, 0.1) is 0 Å². The number of likely N-dealkylation sites (N-methyl/N-ethyl adjacent to an activating group) is 1. The number of primary amides is 1. The Balaban J connectivity index is 3.27. The number of hydrogen-bond donors (Lipinski definition) is 3. The maximum Gasteiger partial charge on any atom is 0.247 e. The molecule has 0 aliphatic rings. The molecule has 0 aromatic carbocycles. The van der Waals surface area contributed by atoms with E-state index in [1.807, 2.05) is 6.92 Å². The molecule has 4 heteroatoms. The van der Waals surface area contributed by atoms with Crippen molar-refractivity contribution in [3.05, 3.63) is 0 Å². The highest BCUT2D eigenvalue weighted by Gasteiger charge is 2.07. The molecule has 0 saturated heterocycles. The predicted octanol–water partition coefficient (Wildman–Crippen LogP) is -1.56. The number of rotatable bonds is 4. The molecule has 9 heavy (non-hydrogen) atoms. The molecule has 0 radical (unpaired) electrons. The lowest BCUT2D eigenvalue weighted by atomic mass is 10.3. The van der Waals surface area contributed by atoms with Crippen molar-refractivity contribution in [3.8, 4) is 0 Å². The summed E-state index contributed by atoms with van der Waals surface area (Å²) < 4.78 is 0. The molecule has 0 rings (SSSR count). The lowest BCUT2D eigenvalue weighted by Gasteiger charge is -2.04. The summed E-state index contributed by atoms with van der Waals surface area (Å²) in [5, 5.41) is 11.5. The molecule has 1 atom stereocenters. The normalized spacial score (nSPS) is 13.1. The average Bonchev–Trinajstić information content (AvgIpc) is 1.82. The molecule has 0 heterocycles. The highest BCUT2D eigenvalue weighted by molar-refractivity contribution is 5.78.